The third-order valence-electron chi connectivity index (χ3n) is 4.72. The molecule has 1 fully saturated rings. The van der Waals surface area contributed by atoms with Gasteiger partial charge in [-0.2, -0.15) is 0 Å². The standard InChI is InChI=1S/C17H20Cl2O2/c1-11(2)17-8-7-16(3,21-17)15(9-17)20-10-12-13(18)5-4-6-14(12)19/h4-8,11,15H,9-10H2,1-3H3/t15-,16+,17-/m1/s1. The molecule has 1 aromatic rings. The van der Waals surface area contributed by atoms with E-state index in [0.717, 1.165) is 12.0 Å². The van der Waals surface area contributed by atoms with Crippen LogP contribution in [0, 0.1) is 5.92 Å². The lowest BCUT2D eigenvalue weighted by Crippen LogP contribution is -2.35. The summed E-state index contributed by atoms with van der Waals surface area (Å²) in [4.78, 5) is 0. The number of rotatable bonds is 4. The zero-order valence-corrected chi connectivity index (χ0v) is 14.0. The summed E-state index contributed by atoms with van der Waals surface area (Å²) in [5.74, 6) is 0.424. The third kappa shape index (κ3) is 2.53. The second kappa shape index (κ2) is 5.27. The largest absolute Gasteiger partial charge is 0.370 e. The second-order valence-corrected chi connectivity index (χ2v) is 7.25. The Labute approximate surface area is 136 Å². The van der Waals surface area contributed by atoms with Crippen LogP contribution in [0.25, 0.3) is 0 Å². The third-order valence-corrected chi connectivity index (χ3v) is 5.43. The zero-order valence-electron chi connectivity index (χ0n) is 12.5. The van der Waals surface area contributed by atoms with Crippen LogP contribution in [0.3, 0.4) is 0 Å². The van der Waals surface area contributed by atoms with Gasteiger partial charge in [0.05, 0.1) is 18.3 Å². The van der Waals surface area contributed by atoms with Gasteiger partial charge in [-0.05, 0) is 25.0 Å². The van der Waals surface area contributed by atoms with Crippen molar-refractivity contribution < 1.29 is 9.47 Å². The highest BCUT2D eigenvalue weighted by Gasteiger charge is 2.57. The van der Waals surface area contributed by atoms with Gasteiger partial charge >= 0.3 is 0 Å². The van der Waals surface area contributed by atoms with Crippen LogP contribution in [0.1, 0.15) is 32.8 Å². The van der Waals surface area contributed by atoms with Gasteiger partial charge in [0, 0.05) is 22.0 Å². The lowest BCUT2D eigenvalue weighted by molar-refractivity contribution is -0.0820. The smallest absolute Gasteiger partial charge is 0.111 e. The molecule has 2 aliphatic heterocycles. The maximum absolute atomic E-state index is 6.27. The summed E-state index contributed by atoms with van der Waals surface area (Å²) in [7, 11) is 0. The van der Waals surface area contributed by atoms with Crippen molar-refractivity contribution in [2.75, 3.05) is 0 Å². The summed E-state index contributed by atoms with van der Waals surface area (Å²) in [6.07, 6.45) is 5.23. The fourth-order valence-corrected chi connectivity index (χ4v) is 3.69. The van der Waals surface area contributed by atoms with E-state index in [4.69, 9.17) is 32.7 Å². The molecule has 0 aromatic heterocycles. The fourth-order valence-electron chi connectivity index (χ4n) is 3.18. The number of halogens is 2. The average molecular weight is 327 g/mol. The average Bonchev–Trinajstić information content (AvgIpc) is 2.90. The highest BCUT2D eigenvalue weighted by atomic mass is 35.5. The van der Waals surface area contributed by atoms with E-state index in [9.17, 15) is 0 Å². The summed E-state index contributed by atoms with van der Waals surface area (Å²) >= 11 is 12.4. The van der Waals surface area contributed by atoms with Crippen LogP contribution >= 0.6 is 23.2 Å². The van der Waals surface area contributed by atoms with E-state index in [1.165, 1.54) is 0 Å². The molecule has 0 radical (unpaired) electrons. The molecule has 0 saturated carbocycles. The first-order valence-corrected chi connectivity index (χ1v) is 8.07. The molecule has 1 aromatic carbocycles. The highest BCUT2D eigenvalue weighted by molar-refractivity contribution is 6.35. The molecular formula is C17H20Cl2O2. The van der Waals surface area contributed by atoms with E-state index >= 15 is 0 Å². The lowest BCUT2D eigenvalue weighted by Gasteiger charge is -2.27. The van der Waals surface area contributed by atoms with Gasteiger partial charge in [-0.1, -0.05) is 55.3 Å². The first-order chi connectivity index (χ1) is 9.86. The van der Waals surface area contributed by atoms with Crippen molar-refractivity contribution in [3.63, 3.8) is 0 Å². The number of hydrogen-bond acceptors (Lipinski definition) is 2. The van der Waals surface area contributed by atoms with Crippen LogP contribution in [0.4, 0.5) is 0 Å². The van der Waals surface area contributed by atoms with Gasteiger partial charge in [-0.25, -0.2) is 0 Å². The van der Waals surface area contributed by atoms with Gasteiger partial charge in [-0.15, -0.1) is 0 Å². The van der Waals surface area contributed by atoms with Crippen LogP contribution < -0.4 is 0 Å². The molecule has 0 spiro atoms. The lowest BCUT2D eigenvalue weighted by atomic mass is 9.81. The summed E-state index contributed by atoms with van der Waals surface area (Å²) < 4.78 is 12.4. The minimum absolute atomic E-state index is 0.0252. The van der Waals surface area contributed by atoms with Gasteiger partial charge in [0.25, 0.3) is 0 Å². The first kappa shape index (κ1) is 15.4. The van der Waals surface area contributed by atoms with Crippen LogP contribution in [-0.2, 0) is 16.1 Å². The molecule has 2 aliphatic rings. The first-order valence-electron chi connectivity index (χ1n) is 7.31. The molecule has 0 unspecified atom stereocenters. The summed E-state index contributed by atoms with van der Waals surface area (Å²) in [5, 5.41) is 1.29. The van der Waals surface area contributed by atoms with Gasteiger partial charge in [0.1, 0.15) is 5.60 Å². The van der Waals surface area contributed by atoms with Gasteiger partial charge in [0.15, 0.2) is 0 Å². The van der Waals surface area contributed by atoms with Crippen LogP contribution in [-0.4, -0.2) is 17.3 Å². The number of benzene rings is 1. The van der Waals surface area contributed by atoms with Crippen molar-refractivity contribution in [1.82, 2.24) is 0 Å². The van der Waals surface area contributed by atoms with Crippen LogP contribution in [0.5, 0.6) is 0 Å². The molecule has 0 N–H and O–H groups in total. The second-order valence-electron chi connectivity index (χ2n) is 6.43. The monoisotopic (exact) mass is 326 g/mol. The Morgan fingerprint density at radius 2 is 1.95 bits per heavy atom. The molecule has 3 atom stereocenters. The molecule has 21 heavy (non-hydrogen) atoms. The topological polar surface area (TPSA) is 18.5 Å². The number of ether oxygens (including phenoxy) is 2. The molecule has 2 heterocycles. The Bertz CT molecular complexity index is 564. The predicted octanol–water partition coefficient (Wildman–Crippen LogP) is 5.02. The Balaban J connectivity index is 1.74. The highest BCUT2D eigenvalue weighted by Crippen LogP contribution is 2.50. The summed E-state index contributed by atoms with van der Waals surface area (Å²) in [6.45, 7) is 6.86. The molecule has 1 saturated heterocycles. The van der Waals surface area contributed by atoms with Crippen molar-refractivity contribution in [3.05, 3.63) is 46.0 Å². The minimum Gasteiger partial charge on any atom is -0.370 e. The summed E-state index contributed by atoms with van der Waals surface area (Å²) in [5.41, 5.74) is 0.302. The van der Waals surface area contributed by atoms with E-state index in [0.29, 0.717) is 22.6 Å². The SMILES string of the molecule is CC(C)[C@]12C=C[C@](C)(O1)[C@H](OCc1c(Cl)cccc1Cl)C2. The van der Waals surface area contributed by atoms with E-state index in [1.54, 1.807) is 0 Å². The van der Waals surface area contributed by atoms with Crippen LogP contribution in [0.15, 0.2) is 30.4 Å². The maximum atomic E-state index is 6.27. The fraction of sp³-hybridized carbons (Fsp3) is 0.529. The Morgan fingerprint density at radius 3 is 2.52 bits per heavy atom. The van der Waals surface area contributed by atoms with Gasteiger partial charge in [-0.3, -0.25) is 0 Å². The van der Waals surface area contributed by atoms with Crippen molar-refractivity contribution in [3.8, 4) is 0 Å². The Kier molecular flexibility index (Phi) is 3.86. The molecule has 3 rings (SSSR count). The van der Waals surface area contributed by atoms with Crippen LogP contribution in [0.2, 0.25) is 10.0 Å². The van der Waals surface area contributed by atoms with Crippen molar-refractivity contribution in [1.29, 1.82) is 0 Å². The Hall–Kier alpha value is -0.540. The molecule has 2 nitrogen and oxygen atoms in total. The molecule has 2 bridgehead atoms. The molecular weight excluding hydrogens is 307 g/mol. The molecule has 0 aliphatic carbocycles. The van der Waals surface area contributed by atoms with Crippen molar-refractivity contribution in [2.45, 2.75) is 51.1 Å². The quantitative estimate of drug-likeness (QED) is 0.723. The van der Waals surface area contributed by atoms with Gasteiger partial charge < -0.3 is 9.47 Å². The van der Waals surface area contributed by atoms with E-state index in [-0.39, 0.29) is 17.3 Å². The molecule has 0 amide bonds. The minimum atomic E-state index is -0.349. The number of hydrogen-bond donors (Lipinski definition) is 0. The maximum Gasteiger partial charge on any atom is 0.111 e. The number of fused-ring (bicyclic) bond motifs is 2. The van der Waals surface area contributed by atoms with Gasteiger partial charge in [0.2, 0.25) is 0 Å². The van der Waals surface area contributed by atoms with Crippen molar-refractivity contribution in [2.24, 2.45) is 5.92 Å². The Morgan fingerprint density at radius 1 is 1.29 bits per heavy atom. The molecule has 114 valence electrons. The van der Waals surface area contributed by atoms with E-state index in [2.05, 4.69) is 32.9 Å². The molecule has 4 heteroatoms. The van der Waals surface area contributed by atoms with E-state index in [1.807, 2.05) is 18.2 Å². The van der Waals surface area contributed by atoms with E-state index < -0.39 is 0 Å². The van der Waals surface area contributed by atoms with Crippen molar-refractivity contribution >= 4 is 23.2 Å². The normalized spacial score (nSPS) is 34.1. The zero-order chi connectivity index (χ0) is 15.3. The summed E-state index contributed by atoms with van der Waals surface area (Å²) in [6, 6.07) is 5.51. The predicted molar refractivity (Wildman–Crippen MR) is 85.9 cm³/mol.